The van der Waals surface area contributed by atoms with Gasteiger partial charge in [0.1, 0.15) is 12.2 Å². The summed E-state index contributed by atoms with van der Waals surface area (Å²) >= 11 is 0. The molecule has 0 aliphatic carbocycles. The number of ether oxygens (including phenoxy) is 4. The normalized spacial score (nSPS) is 29.5. The number of carbonyl (C=O) groups is 1. The molecule has 2 aliphatic heterocycles. The minimum Gasteiger partial charge on any atom is -0.429 e. The summed E-state index contributed by atoms with van der Waals surface area (Å²) in [6, 6.07) is 8.86. The number of fused-ring (bicyclic) bond motifs is 1. The van der Waals surface area contributed by atoms with Crippen LogP contribution in [0.5, 0.6) is 0 Å². The lowest BCUT2D eigenvalue weighted by Crippen LogP contribution is -2.44. The Hall–Kier alpha value is -1.25. The summed E-state index contributed by atoms with van der Waals surface area (Å²) in [7, 11) is -1.94. The van der Waals surface area contributed by atoms with E-state index in [1.165, 1.54) is 0 Å². The Balaban J connectivity index is 1.70. The van der Waals surface area contributed by atoms with E-state index in [0.29, 0.717) is 12.2 Å². The molecule has 0 amide bonds. The van der Waals surface area contributed by atoms with Crippen molar-refractivity contribution in [2.24, 2.45) is 0 Å². The minimum atomic E-state index is -1.94. The summed E-state index contributed by atoms with van der Waals surface area (Å²) in [5.74, 6) is -1.20. The van der Waals surface area contributed by atoms with Crippen LogP contribution in [0.15, 0.2) is 30.3 Å². The topological polar surface area (TPSA) is 63.2 Å². The highest BCUT2D eigenvalue weighted by molar-refractivity contribution is 6.74. The molecule has 2 fully saturated rings. The molecule has 6 nitrogen and oxygen atoms in total. The highest BCUT2D eigenvalue weighted by atomic mass is 28.4. The first-order chi connectivity index (χ1) is 12.9. The number of hydrogen-bond acceptors (Lipinski definition) is 6. The molecule has 3 rings (SSSR count). The van der Waals surface area contributed by atoms with Crippen molar-refractivity contribution in [3.05, 3.63) is 35.9 Å². The third kappa shape index (κ3) is 4.49. The number of hydrogen-bond donors (Lipinski definition) is 0. The van der Waals surface area contributed by atoms with E-state index in [1.807, 2.05) is 19.9 Å². The average molecular weight is 409 g/mol. The van der Waals surface area contributed by atoms with Gasteiger partial charge in [0.15, 0.2) is 20.2 Å². The molecule has 0 saturated carbocycles. The van der Waals surface area contributed by atoms with Crippen LogP contribution in [-0.4, -0.2) is 51.3 Å². The zero-order chi connectivity index (χ0) is 20.7. The average Bonchev–Trinajstić information content (AvgIpc) is 3.07. The monoisotopic (exact) mass is 408 g/mol. The fraction of sp³-hybridized carbons (Fsp3) is 0.667. The Labute approximate surface area is 168 Å². The van der Waals surface area contributed by atoms with Crippen molar-refractivity contribution in [3.8, 4) is 0 Å². The Morgan fingerprint density at radius 1 is 1.11 bits per heavy atom. The fourth-order valence-electron chi connectivity index (χ4n) is 3.13. The Bertz CT molecular complexity index is 697. The van der Waals surface area contributed by atoms with Gasteiger partial charge < -0.3 is 23.4 Å². The first-order valence-electron chi connectivity index (χ1n) is 9.81. The Kier molecular flexibility index (Phi) is 5.77. The lowest BCUT2D eigenvalue weighted by atomic mass is 10.1. The van der Waals surface area contributed by atoms with Gasteiger partial charge in [-0.05, 0) is 44.1 Å². The first-order valence-corrected chi connectivity index (χ1v) is 12.7. The quantitative estimate of drug-likeness (QED) is 0.540. The van der Waals surface area contributed by atoms with Crippen molar-refractivity contribution >= 4 is 14.3 Å². The summed E-state index contributed by atoms with van der Waals surface area (Å²) in [5.41, 5.74) is 0.474. The minimum absolute atomic E-state index is 0.0937. The number of esters is 1. The molecule has 0 N–H and O–H groups in total. The fourth-order valence-corrected chi connectivity index (χ4v) is 4.14. The third-order valence-electron chi connectivity index (χ3n) is 5.75. The van der Waals surface area contributed by atoms with Crippen molar-refractivity contribution < 1.29 is 28.2 Å². The van der Waals surface area contributed by atoms with Crippen LogP contribution in [0.3, 0.4) is 0 Å². The van der Waals surface area contributed by atoms with Gasteiger partial charge in [0.05, 0.1) is 12.2 Å². The van der Waals surface area contributed by atoms with Gasteiger partial charge in [-0.15, -0.1) is 0 Å². The van der Waals surface area contributed by atoms with Crippen LogP contribution in [0.2, 0.25) is 18.1 Å². The summed E-state index contributed by atoms with van der Waals surface area (Å²) < 4.78 is 30.0. The maximum Gasteiger partial charge on any atom is 0.340 e. The molecule has 0 aromatic heterocycles. The lowest BCUT2D eigenvalue weighted by Gasteiger charge is -2.37. The van der Waals surface area contributed by atoms with Gasteiger partial charge in [-0.1, -0.05) is 39.0 Å². The zero-order valence-corrected chi connectivity index (χ0v) is 18.9. The maximum atomic E-state index is 12.5. The Morgan fingerprint density at radius 3 is 2.32 bits per heavy atom. The van der Waals surface area contributed by atoms with Crippen molar-refractivity contribution in [2.75, 3.05) is 6.61 Å². The molecule has 7 heteroatoms. The molecule has 0 spiro atoms. The molecular weight excluding hydrogens is 376 g/mol. The molecule has 0 bridgehead atoms. The van der Waals surface area contributed by atoms with Crippen molar-refractivity contribution in [1.29, 1.82) is 0 Å². The van der Waals surface area contributed by atoms with E-state index >= 15 is 0 Å². The van der Waals surface area contributed by atoms with Crippen molar-refractivity contribution in [1.82, 2.24) is 0 Å². The van der Waals surface area contributed by atoms with E-state index in [4.69, 9.17) is 23.4 Å². The third-order valence-corrected chi connectivity index (χ3v) is 10.3. The second-order valence-electron chi connectivity index (χ2n) is 9.45. The van der Waals surface area contributed by atoms with Gasteiger partial charge in [-0.2, -0.15) is 0 Å². The second-order valence-corrected chi connectivity index (χ2v) is 14.3. The standard InChI is InChI=1S/C21H32O6Si/c1-20(2,3)28(6,7)23-13-15-16-17(27-21(4,5)26-16)19(24-15)25-18(22)14-11-9-8-10-12-14/h8-12,15-17,19H,13H2,1-7H3/t15-,16-,17-,19-/m1/s1. The van der Waals surface area contributed by atoms with Crippen LogP contribution in [0.1, 0.15) is 45.0 Å². The predicted octanol–water partition coefficient (Wildman–Crippen LogP) is 4.11. The van der Waals surface area contributed by atoms with E-state index in [2.05, 4.69) is 33.9 Å². The van der Waals surface area contributed by atoms with Gasteiger partial charge in [0.2, 0.25) is 6.29 Å². The first kappa shape index (κ1) is 21.5. The van der Waals surface area contributed by atoms with Gasteiger partial charge >= 0.3 is 5.97 Å². The van der Waals surface area contributed by atoms with E-state index in [9.17, 15) is 4.79 Å². The number of benzene rings is 1. The van der Waals surface area contributed by atoms with Crippen LogP contribution in [0, 0.1) is 0 Å². The van der Waals surface area contributed by atoms with Crippen LogP contribution in [-0.2, 0) is 23.4 Å². The molecule has 28 heavy (non-hydrogen) atoms. The molecule has 4 atom stereocenters. The Morgan fingerprint density at radius 2 is 1.71 bits per heavy atom. The van der Waals surface area contributed by atoms with E-state index in [-0.39, 0.29) is 17.2 Å². The highest BCUT2D eigenvalue weighted by Crippen LogP contribution is 2.41. The number of rotatable bonds is 5. The highest BCUT2D eigenvalue weighted by Gasteiger charge is 2.57. The second kappa shape index (κ2) is 7.53. The van der Waals surface area contributed by atoms with Crippen LogP contribution in [0.4, 0.5) is 0 Å². The van der Waals surface area contributed by atoms with E-state index < -0.39 is 32.5 Å². The lowest BCUT2D eigenvalue weighted by molar-refractivity contribution is -0.222. The predicted molar refractivity (Wildman–Crippen MR) is 107 cm³/mol. The maximum absolute atomic E-state index is 12.5. The number of carbonyl (C=O) groups excluding carboxylic acids is 1. The molecule has 2 heterocycles. The summed E-state index contributed by atoms with van der Waals surface area (Å²) in [5, 5.41) is 0.0937. The smallest absolute Gasteiger partial charge is 0.340 e. The molecule has 1 aromatic carbocycles. The van der Waals surface area contributed by atoms with Gasteiger partial charge in [0, 0.05) is 0 Å². The van der Waals surface area contributed by atoms with Crippen molar-refractivity contribution in [3.63, 3.8) is 0 Å². The molecule has 2 aliphatic rings. The largest absolute Gasteiger partial charge is 0.429 e. The van der Waals surface area contributed by atoms with Crippen LogP contribution in [0.25, 0.3) is 0 Å². The summed E-state index contributed by atoms with van der Waals surface area (Å²) in [6.45, 7) is 15.1. The molecule has 156 valence electrons. The molecule has 1 aromatic rings. The SMILES string of the molecule is CC1(C)O[C@H]2[C@@H](OC(=O)c3ccccc3)O[C@H](CO[Si](C)(C)C(C)(C)C)[C@H]2O1. The molecule has 0 unspecified atom stereocenters. The molecular formula is C21H32O6Si. The van der Waals surface area contributed by atoms with Crippen LogP contribution < -0.4 is 0 Å². The zero-order valence-electron chi connectivity index (χ0n) is 17.9. The van der Waals surface area contributed by atoms with E-state index in [1.54, 1.807) is 24.3 Å². The van der Waals surface area contributed by atoms with Gasteiger partial charge in [-0.3, -0.25) is 0 Å². The van der Waals surface area contributed by atoms with Crippen molar-refractivity contribution in [2.45, 2.75) is 83.1 Å². The molecule has 2 saturated heterocycles. The van der Waals surface area contributed by atoms with Crippen LogP contribution >= 0.6 is 0 Å². The van der Waals surface area contributed by atoms with E-state index in [0.717, 1.165) is 0 Å². The summed E-state index contributed by atoms with van der Waals surface area (Å²) in [6.07, 6.45) is -1.99. The van der Waals surface area contributed by atoms with Gasteiger partial charge in [-0.25, -0.2) is 4.79 Å². The van der Waals surface area contributed by atoms with Gasteiger partial charge in [0.25, 0.3) is 0 Å². The molecule has 0 radical (unpaired) electrons. The summed E-state index contributed by atoms with van der Waals surface area (Å²) in [4.78, 5) is 12.5.